The molecule has 1 aliphatic heterocycles. The average molecular weight is 272 g/mol. The molecule has 1 fully saturated rings. The van der Waals surface area contributed by atoms with Crippen molar-refractivity contribution in [2.75, 3.05) is 6.54 Å². The van der Waals surface area contributed by atoms with Gasteiger partial charge < -0.3 is 15.0 Å². The molecule has 2 unspecified atom stereocenters. The summed E-state index contributed by atoms with van der Waals surface area (Å²) in [7, 11) is 0. The van der Waals surface area contributed by atoms with E-state index in [0.717, 1.165) is 42.4 Å². The predicted octanol–water partition coefficient (Wildman–Crippen LogP) is 2.60. The lowest BCUT2D eigenvalue weighted by molar-refractivity contribution is -0.143. The van der Waals surface area contributed by atoms with Gasteiger partial charge in [0.2, 0.25) is 0 Å². The first-order valence-electron chi connectivity index (χ1n) is 7.23. The lowest BCUT2D eigenvalue weighted by Crippen LogP contribution is -2.43. The maximum atomic E-state index is 12.2. The van der Waals surface area contributed by atoms with Gasteiger partial charge >= 0.3 is 0 Å². The molecule has 1 aromatic carbocycles. The molecule has 0 bridgehead atoms. The number of fused-ring (bicyclic) bond motifs is 1. The fourth-order valence-corrected chi connectivity index (χ4v) is 3.03. The average Bonchev–Trinajstić information content (AvgIpc) is 2.90. The zero-order valence-electron chi connectivity index (χ0n) is 11.7. The van der Waals surface area contributed by atoms with Gasteiger partial charge in [0.05, 0.1) is 6.04 Å². The number of carbonyl (C=O) groups is 1. The zero-order chi connectivity index (χ0) is 14.1. The number of aliphatic hydroxyl groups is 1. The molecular formula is C16H20N2O2. The van der Waals surface area contributed by atoms with E-state index in [1.165, 1.54) is 0 Å². The third kappa shape index (κ3) is 2.31. The third-order valence-corrected chi connectivity index (χ3v) is 4.05. The van der Waals surface area contributed by atoms with Crippen LogP contribution in [0.15, 0.2) is 30.3 Å². The highest BCUT2D eigenvalue weighted by atomic mass is 16.3. The molecule has 3 rings (SSSR count). The maximum Gasteiger partial charge on any atom is 0.251 e. The van der Waals surface area contributed by atoms with Gasteiger partial charge in [-0.1, -0.05) is 18.2 Å². The molecule has 2 atom stereocenters. The van der Waals surface area contributed by atoms with Gasteiger partial charge in [-0.2, -0.15) is 0 Å². The quantitative estimate of drug-likeness (QED) is 0.883. The molecule has 0 saturated carbocycles. The smallest absolute Gasteiger partial charge is 0.251 e. The van der Waals surface area contributed by atoms with Gasteiger partial charge in [-0.3, -0.25) is 4.79 Å². The number of carbonyl (C=O) groups excluding carboxylic acids is 1. The van der Waals surface area contributed by atoms with E-state index in [0.29, 0.717) is 0 Å². The topological polar surface area (TPSA) is 56.3 Å². The van der Waals surface area contributed by atoms with Gasteiger partial charge in [0.15, 0.2) is 0 Å². The van der Waals surface area contributed by atoms with Gasteiger partial charge in [0.25, 0.3) is 5.91 Å². The van der Waals surface area contributed by atoms with Crippen molar-refractivity contribution in [2.24, 2.45) is 0 Å². The number of nitrogens with one attached hydrogen (secondary N) is 1. The molecule has 20 heavy (non-hydrogen) atoms. The van der Waals surface area contributed by atoms with E-state index in [1.54, 1.807) is 6.92 Å². The fourth-order valence-electron chi connectivity index (χ4n) is 3.03. The first-order chi connectivity index (χ1) is 9.66. The Bertz CT molecular complexity index is 585. The number of para-hydroxylation sites is 1. The summed E-state index contributed by atoms with van der Waals surface area (Å²) in [5, 5.41) is 10.7. The molecule has 1 aliphatic rings. The van der Waals surface area contributed by atoms with Crippen LogP contribution in [0, 0.1) is 0 Å². The zero-order valence-corrected chi connectivity index (χ0v) is 11.7. The van der Waals surface area contributed by atoms with E-state index in [4.69, 9.17) is 0 Å². The molecule has 1 aromatic heterocycles. The maximum absolute atomic E-state index is 12.2. The molecule has 1 saturated heterocycles. The summed E-state index contributed by atoms with van der Waals surface area (Å²) in [6.45, 7) is 2.27. The summed E-state index contributed by atoms with van der Waals surface area (Å²) in [5.41, 5.74) is 2.16. The van der Waals surface area contributed by atoms with Crippen LogP contribution in [0.25, 0.3) is 10.9 Å². The summed E-state index contributed by atoms with van der Waals surface area (Å²) in [5.74, 6) is -0.173. The number of aromatic amines is 1. The largest absolute Gasteiger partial charge is 0.384 e. The summed E-state index contributed by atoms with van der Waals surface area (Å²) in [4.78, 5) is 17.4. The third-order valence-electron chi connectivity index (χ3n) is 4.05. The van der Waals surface area contributed by atoms with E-state index in [9.17, 15) is 9.90 Å². The van der Waals surface area contributed by atoms with E-state index >= 15 is 0 Å². The molecule has 2 heterocycles. The molecule has 4 heteroatoms. The monoisotopic (exact) mass is 272 g/mol. The van der Waals surface area contributed by atoms with E-state index in [1.807, 2.05) is 23.1 Å². The lowest BCUT2D eigenvalue weighted by atomic mass is 9.98. The van der Waals surface area contributed by atoms with Crippen LogP contribution in [0.4, 0.5) is 0 Å². The summed E-state index contributed by atoms with van der Waals surface area (Å²) >= 11 is 0. The van der Waals surface area contributed by atoms with Crippen molar-refractivity contribution in [2.45, 2.75) is 38.3 Å². The number of aliphatic hydroxyl groups excluding tert-OH is 1. The second-order valence-corrected chi connectivity index (χ2v) is 5.53. The fraction of sp³-hybridized carbons (Fsp3) is 0.438. The number of nitrogens with zero attached hydrogens (tertiary/aromatic N) is 1. The number of hydrogen-bond acceptors (Lipinski definition) is 2. The molecule has 2 N–H and O–H groups in total. The Kier molecular flexibility index (Phi) is 3.49. The minimum Gasteiger partial charge on any atom is -0.384 e. The minimum absolute atomic E-state index is 0.0539. The van der Waals surface area contributed by atoms with E-state index < -0.39 is 6.10 Å². The molecule has 0 aliphatic carbocycles. The van der Waals surface area contributed by atoms with Crippen molar-refractivity contribution >= 4 is 16.8 Å². The van der Waals surface area contributed by atoms with Crippen molar-refractivity contribution < 1.29 is 9.90 Å². The lowest BCUT2D eigenvalue weighted by Gasteiger charge is -2.36. The first-order valence-corrected chi connectivity index (χ1v) is 7.23. The van der Waals surface area contributed by atoms with Crippen LogP contribution in [-0.4, -0.2) is 33.5 Å². The van der Waals surface area contributed by atoms with Gasteiger partial charge in [-0.15, -0.1) is 0 Å². The highest BCUT2D eigenvalue weighted by Gasteiger charge is 2.30. The molecule has 2 aromatic rings. The molecule has 0 radical (unpaired) electrons. The van der Waals surface area contributed by atoms with E-state index in [-0.39, 0.29) is 11.9 Å². The molecule has 1 amide bonds. The highest BCUT2D eigenvalue weighted by Crippen LogP contribution is 2.32. The number of likely N-dealkylation sites (tertiary alicyclic amines) is 1. The van der Waals surface area contributed by atoms with Crippen LogP contribution in [0.5, 0.6) is 0 Å². The van der Waals surface area contributed by atoms with Crippen molar-refractivity contribution in [3.05, 3.63) is 36.0 Å². The number of rotatable bonds is 2. The van der Waals surface area contributed by atoms with Gasteiger partial charge in [-0.05, 0) is 43.7 Å². The normalized spacial score (nSPS) is 21.1. The summed E-state index contributed by atoms with van der Waals surface area (Å²) in [6, 6.07) is 10.3. The highest BCUT2D eigenvalue weighted by molar-refractivity contribution is 5.82. The van der Waals surface area contributed by atoms with Crippen LogP contribution in [0.3, 0.4) is 0 Å². The molecule has 4 nitrogen and oxygen atoms in total. The Hall–Kier alpha value is -1.81. The number of aromatic nitrogens is 1. The predicted molar refractivity (Wildman–Crippen MR) is 78.3 cm³/mol. The Morgan fingerprint density at radius 2 is 2.20 bits per heavy atom. The Morgan fingerprint density at radius 3 is 2.95 bits per heavy atom. The number of benzene rings is 1. The second-order valence-electron chi connectivity index (χ2n) is 5.53. The van der Waals surface area contributed by atoms with Crippen LogP contribution >= 0.6 is 0 Å². The van der Waals surface area contributed by atoms with Gasteiger partial charge in [-0.25, -0.2) is 0 Å². The van der Waals surface area contributed by atoms with Crippen LogP contribution < -0.4 is 0 Å². The van der Waals surface area contributed by atoms with Gasteiger partial charge in [0, 0.05) is 17.8 Å². The number of hydrogen-bond donors (Lipinski definition) is 2. The molecular weight excluding hydrogens is 252 g/mol. The Labute approximate surface area is 118 Å². The summed E-state index contributed by atoms with van der Waals surface area (Å²) in [6.07, 6.45) is 2.14. The van der Waals surface area contributed by atoms with Crippen LogP contribution in [0.2, 0.25) is 0 Å². The van der Waals surface area contributed by atoms with Crippen molar-refractivity contribution in [3.63, 3.8) is 0 Å². The van der Waals surface area contributed by atoms with Crippen molar-refractivity contribution in [1.82, 2.24) is 9.88 Å². The second kappa shape index (κ2) is 5.29. The SMILES string of the molecule is CC(O)C(=O)N1CCCCC1c1cc2ccccc2[nH]1. The van der Waals surface area contributed by atoms with Crippen LogP contribution in [-0.2, 0) is 4.79 Å². The van der Waals surface area contributed by atoms with E-state index in [2.05, 4.69) is 17.1 Å². The first kappa shape index (κ1) is 13.2. The van der Waals surface area contributed by atoms with Crippen molar-refractivity contribution in [3.8, 4) is 0 Å². The Morgan fingerprint density at radius 1 is 1.40 bits per heavy atom. The van der Waals surface area contributed by atoms with Gasteiger partial charge in [0.1, 0.15) is 6.10 Å². The minimum atomic E-state index is -0.931. The number of piperidine rings is 1. The number of H-pyrrole nitrogens is 1. The standard InChI is InChI=1S/C16H20N2O2/c1-11(19)16(20)18-9-5-4-8-15(18)14-10-12-6-2-3-7-13(12)17-14/h2-3,6-7,10-11,15,17,19H,4-5,8-9H2,1H3. The Balaban J connectivity index is 1.94. The summed E-state index contributed by atoms with van der Waals surface area (Å²) < 4.78 is 0. The van der Waals surface area contributed by atoms with Crippen molar-refractivity contribution in [1.29, 1.82) is 0 Å². The molecule has 106 valence electrons. The van der Waals surface area contributed by atoms with Crippen LogP contribution in [0.1, 0.15) is 37.9 Å². The number of amides is 1. The molecule has 0 spiro atoms.